The SMILES string of the molecule is Oc1c(I)cc(C(c2cccc3cc4ccccc4cc23)c2cccc3cc4ccccc4cc23)cc1I. The number of rotatable bonds is 3. The molecule has 1 N–H and O–H groups in total. The largest absolute Gasteiger partial charge is 0.506 e. The summed E-state index contributed by atoms with van der Waals surface area (Å²) in [6.07, 6.45) is 0. The van der Waals surface area contributed by atoms with Crippen molar-refractivity contribution in [3.63, 3.8) is 0 Å². The van der Waals surface area contributed by atoms with E-state index in [1.807, 2.05) is 0 Å². The second kappa shape index (κ2) is 9.54. The van der Waals surface area contributed by atoms with Gasteiger partial charge in [-0.1, -0.05) is 84.9 Å². The van der Waals surface area contributed by atoms with Gasteiger partial charge >= 0.3 is 0 Å². The van der Waals surface area contributed by atoms with Gasteiger partial charge in [0.2, 0.25) is 0 Å². The zero-order valence-corrected chi connectivity index (χ0v) is 24.6. The van der Waals surface area contributed by atoms with E-state index in [0.29, 0.717) is 5.75 Å². The van der Waals surface area contributed by atoms with Crippen LogP contribution < -0.4 is 0 Å². The molecule has 0 aromatic heterocycles. The van der Waals surface area contributed by atoms with Crippen molar-refractivity contribution in [2.75, 3.05) is 0 Å². The van der Waals surface area contributed by atoms with Gasteiger partial charge < -0.3 is 5.11 Å². The first-order valence-electron chi connectivity index (χ1n) is 12.6. The Bertz CT molecular complexity index is 1880. The average Bonchev–Trinajstić information content (AvgIpc) is 2.94. The summed E-state index contributed by atoms with van der Waals surface area (Å²) < 4.78 is 1.73. The van der Waals surface area contributed by atoms with E-state index < -0.39 is 0 Å². The number of phenolic OH excluding ortho intramolecular Hbond substituents is 1. The van der Waals surface area contributed by atoms with Crippen LogP contribution in [-0.2, 0) is 0 Å². The molecule has 0 bridgehead atoms. The molecule has 182 valence electrons. The van der Waals surface area contributed by atoms with Crippen molar-refractivity contribution in [2.45, 2.75) is 5.92 Å². The number of aromatic hydroxyl groups is 1. The van der Waals surface area contributed by atoms with Crippen LogP contribution in [0.3, 0.4) is 0 Å². The van der Waals surface area contributed by atoms with E-state index in [1.54, 1.807) is 0 Å². The third kappa shape index (κ3) is 4.03. The smallest absolute Gasteiger partial charge is 0.142 e. The summed E-state index contributed by atoms with van der Waals surface area (Å²) in [6.45, 7) is 0. The molecule has 0 unspecified atom stereocenters. The van der Waals surface area contributed by atoms with Gasteiger partial charge in [0, 0.05) is 5.92 Å². The topological polar surface area (TPSA) is 20.2 Å². The molecule has 0 amide bonds. The molecule has 7 aromatic rings. The molecule has 0 fully saturated rings. The van der Waals surface area contributed by atoms with Crippen LogP contribution in [0.15, 0.2) is 121 Å². The Labute approximate surface area is 248 Å². The molecule has 7 rings (SSSR count). The van der Waals surface area contributed by atoms with E-state index in [1.165, 1.54) is 59.8 Å². The first-order chi connectivity index (χ1) is 18.6. The molecule has 1 nitrogen and oxygen atoms in total. The fourth-order valence-corrected chi connectivity index (χ4v) is 7.58. The number of phenols is 1. The predicted octanol–water partition coefficient (Wildman–Crippen LogP) is 10.4. The molecule has 0 aliphatic carbocycles. The van der Waals surface area contributed by atoms with E-state index >= 15 is 0 Å². The molecular weight excluding hydrogens is 690 g/mol. The highest BCUT2D eigenvalue weighted by molar-refractivity contribution is 14.1. The molecule has 0 aliphatic rings. The molecule has 7 aromatic carbocycles. The zero-order chi connectivity index (χ0) is 25.8. The Kier molecular flexibility index (Phi) is 6.01. The Hall–Kier alpha value is -3.16. The number of hydrogen-bond acceptors (Lipinski definition) is 1. The van der Waals surface area contributed by atoms with Crippen LogP contribution in [0.5, 0.6) is 5.75 Å². The monoisotopic (exact) mass is 712 g/mol. The molecule has 38 heavy (non-hydrogen) atoms. The Morgan fingerprint density at radius 1 is 0.447 bits per heavy atom. The van der Waals surface area contributed by atoms with Gasteiger partial charge in [0.1, 0.15) is 5.75 Å². The quantitative estimate of drug-likeness (QED) is 0.110. The number of halogens is 2. The number of hydrogen-bond donors (Lipinski definition) is 1. The van der Waals surface area contributed by atoms with Crippen molar-refractivity contribution in [3.05, 3.63) is 145 Å². The van der Waals surface area contributed by atoms with Crippen LogP contribution >= 0.6 is 45.2 Å². The van der Waals surface area contributed by atoms with Crippen LogP contribution in [0, 0.1) is 7.14 Å². The van der Waals surface area contributed by atoms with Crippen molar-refractivity contribution in [1.29, 1.82) is 0 Å². The lowest BCUT2D eigenvalue weighted by atomic mass is 9.80. The first-order valence-corrected chi connectivity index (χ1v) is 14.7. The normalized spacial score (nSPS) is 11.8. The highest BCUT2D eigenvalue weighted by Crippen LogP contribution is 2.43. The third-order valence-electron chi connectivity index (χ3n) is 7.56. The van der Waals surface area contributed by atoms with Crippen LogP contribution in [0.4, 0.5) is 0 Å². The lowest BCUT2D eigenvalue weighted by Gasteiger charge is -2.24. The van der Waals surface area contributed by atoms with E-state index in [0.717, 1.165) is 7.14 Å². The van der Waals surface area contributed by atoms with Crippen LogP contribution in [0.25, 0.3) is 43.1 Å². The predicted molar refractivity (Wildman–Crippen MR) is 177 cm³/mol. The molecule has 0 aliphatic heterocycles. The Morgan fingerprint density at radius 3 is 1.29 bits per heavy atom. The minimum Gasteiger partial charge on any atom is -0.506 e. The maximum Gasteiger partial charge on any atom is 0.142 e. The van der Waals surface area contributed by atoms with Crippen molar-refractivity contribution >= 4 is 88.3 Å². The van der Waals surface area contributed by atoms with E-state index in [4.69, 9.17) is 0 Å². The molecule has 0 radical (unpaired) electrons. The highest BCUT2D eigenvalue weighted by Gasteiger charge is 2.23. The molecular formula is C35H22I2O. The van der Waals surface area contributed by atoms with Gasteiger partial charge in [-0.15, -0.1) is 0 Å². The minimum absolute atomic E-state index is 0.00708. The van der Waals surface area contributed by atoms with Crippen LogP contribution in [0.2, 0.25) is 0 Å². The van der Waals surface area contributed by atoms with Gasteiger partial charge in [-0.25, -0.2) is 0 Å². The number of fused-ring (bicyclic) bond motifs is 4. The lowest BCUT2D eigenvalue weighted by Crippen LogP contribution is -2.06. The molecule has 0 spiro atoms. The zero-order valence-electron chi connectivity index (χ0n) is 20.3. The van der Waals surface area contributed by atoms with E-state index in [2.05, 4.69) is 167 Å². The maximum absolute atomic E-state index is 10.6. The van der Waals surface area contributed by atoms with Crippen molar-refractivity contribution in [2.24, 2.45) is 0 Å². The fraction of sp³-hybridized carbons (Fsp3) is 0.0286. The standard InChI is InChI=1S/C35H22I2O/c36-32-19-27(20-33(37)35(32)38)34(28-13-5-11-25-15-21-7-1-3-9-23(21)17-30(25)28)29-14-6-12-26-16-22-8-2-4-10-24(22)18-31(26)29/h1-20,34,38H. The Morgan fingerprint density at radius 2 is 0.842 bits per heavy atom. The summed E-state index contributed by atoms with van der Waals surface area (Å²) in [7, 11) is 0. The van der Waals surface area contributed by atoms with Gasteiger partial charge in [-0.3, -0.25) is 0 Å². The minimum atomic E-state index is -0.00708. The van der Waals surface area contributed by atoms with Gasteiger partial charge in [-0.2, -0.15) is 0 Å². The average molecular weight is 712 g/mol. The van der Waals surface area contributed by atoms with E-state index in [9.17, 15) is 5.11 Å². The summed E-state index contributed by atoms with van der Waals surface area (Å²) in [5.74, 6) is 0.342. The molecule has 0 saturated heterocycles. The second-order valence-electron chi connectivity index (χ2n) is 9.80. The summed E-state index contributed by atoms with van der Waals surface area (Å²) >= 11 is 4.50. The maximum atomic E-state index is 10.6. The molecule has 0 heterocycles. The molecule has 3 heteroatoms. The third-order valence-corrected chi connectivity index (χ3v) is 9.20. The van der Waals surface area contributed by atoms with Gasteiger partial charge in [0.15, 0.2) is 0 Å². The van der Waals surface area contributed by atoms with Gasteiger partial charge in [0.25, 0.3) is 0 Å². The van der Waals surface area contributed by atoms with Crippen LogP contribution in [-0.4, -0.2) is 5.11 Å². The summed E-state index contributed by atoms with van der Waals surface area (Å²) in [6, 6.07) is 44.0. The Balaban J connectivity index is 1.59. The molecule has 0 saturated carbocycles. The van der Waals surface area contributed by atoms with Crippen molar-refractivity contribution < 1.29 is 5.11 Å². The van der Waals surface area contributed by atoms with Gasteiger partial charge in [0.05, 0.1) is 7.14 Å². The van der Waals surface area contributed by atoms with E-state index in [-0.39, 0.29) is 5.92 Å². The van der Waals surface area contributed by atoms with Crippen molar-refractivity contribution in [3.8, 4) is 5.75 Å². The summed E-state index contributed by atoms with van der Waals surface area (Å²) in [5, 5.41) is 20.6. The first kappa shape index (κ1) is 23.9. The van der Waals surface area contributed by atoms with Crippen LogP contribution in [0.1, 0.15) is 22.6 Å². The lowest BCUT2D eigenvalue weighted by molar-refractivity contribution is 0.467. The van der Waals surface area contributed by atoms with Gasteiger partial charge in [-0.05, 0) is 141 Å². The van der Waals surface area contributed by atoms with Crippen molar-refractivity contribution in [1.82, 2.24) is 0 Å². The molecule has 0 atom stereocenters. The summed E-state index contributed by atoms with van der Waals surface area (Å²) in [5.41, 5.74) is 3.72. The summed E-state index contributed by atoms with van der Waals surface area (Å²) in [4.78, 5) is 0. The number of benzene rings is 7. The second-order valence-corrected chi connectivity index (χ2v) is 12.1. The highest BCUT2D eigenvalue weighted by atomic mass is 127. The fourth-order valence-electron chi connectivity index (χ4n) is 5.76.